The van der Waals surface area contributed by atoms with Crippen LogP contribution in [0.3, 0.4) is 0 Å². The molecule has 2 unspecified atom stereocenters. The Hall–Kier alpha value is -1.06. The van der Waals surface area contributed by atoms with Gasteiger partial charge in [0.1, 0.15) is 0 Å². The molecule has 2 rings (SSSR count). The number of carbonyl (C=O) groups excluding carboxylic acids is 1. The van der Waals surface area contributed by atoms with E-state index in [1.54, 1.807) is 0 Å². The highest BCUT2D eigenvalue weighted by molar-refractivity contribution is 5.85. The summed E-state index contributed by atoms with van der Waals surface area (Å²) in [6.07, 6.45) is 5.14. The molecule has 4 heteroatoms. The molecule has 1 aliphatic heterocycles. The average molecular weight is 339 g/mol. The van der Waals surface area contributed by atoms with E-state index in [0.717, 1.165) is 32.5 Å². The van der Waals surface area contributed by atoms with Crippen LogP contribution in [-0.4, -0.2) is 25.5 Å². The third-order valence-corrected chi connectivity index (χ3v) is 4.81. The van der Waals surface area contributed by atoms with Crippen LogP contribution in [-0.2, 0) is 17.6 Å². The van der Waals surface area contributed by atoms with Gasteiger partial charge in [-0.05, 0) is 61.7 Å². The number of halogens is 1. The van der Waals surface area contributed by atoms with Crippen molar-refractivity contribution in [1.29, 1.82) is 0 Å². The van der Waals surface area contributed by atoms with Crippen molar-refractivity contribution in [1.82, 2.24) is 10.6 Å². The summed E-state index contributed by atoms with van der Waals surface area (Å²) in [6.45, 7) is 7.31. The number of amides is 1. The molecule has 0 spiro atoms. The first-order valence-corrected chi connectivity index (χ1v) is 8.74. The van der Waals surface area contributed by atoms with Crippen LogP contribution in [0.25, 0.3) is 0 Å². The second-order valence-electron chi connectivity index (χ2n) is 6.56. The van der Waals surface area contributed by atoms with E-state index in [4.69, 9.17) is 0 Å². The lowest BCUT2D eigenvalue weighted by molar-refractivity contribution is -0.122. The Morgan fingerprint density at radius 1 is 1.30 bits per heavy atom. The molecule has 1 aromatic rings. The number of carbonyl (C=O) groups is 1. The molecule has 1 fully saturated rings. The summed E-state index contributed by atoms with van der Waals surface area (Å²) in [5.74, 6) is 1.32. The number of rotatable bonds is 7. The Morgan fingerprint density at radius 2 is 2.00 bits per heavy atom. The van der Waals surface area contributed by atoms with E-state index < -0.39 is 0 Å². The quantitative estimate of drug-likeness (QED) is 0.800. The Bertz CT molecular complexity index is 455. The zero-order valence-corrected chi connectivity index (χ0v) is 15.3. The maximum absolute atomic E-state index is 12.1. The number of hydrogen-bond acceptors (Lipinski definition) is 2. The van der Waals surface area contributed by atoms with Crippen molar-refractivity contribution >= 4 is 18.3 Å². The average Bonchev–Trinajstić information content (AvgIpc) is 2.56. The van der Waals surface area contributed by atoms with Crippen LogP contribution in [0.4, 0.5) is 0 Å². The molecule has 2 N–H and O–H groups in total. The second-order valence-corrected chi connectivity index (χ2v) is 6.56. The number of nitrogens with one attached hydrogen (secondary N) is 2. The molecule has 130 valence electrons. The van der Waals surface area contributed by atoms with Crippen LogP contribution in [0.5, 0.6) is 0 Å². The fourth-order valence-electron chi connectivity index (χ4n) is 3.18. The van der Waals surface area contributed by atoms with Gasteiger partial charge in [0.2, 0.25) is 5.91 Å². The summed E-state index contributed by atoms with van der Waals surface area (Å²) in [6, 6.07) is 8.69. The first kappa shape index (κ1) is 20.0. The molecular formula is C19H31ClN2O. The monoisotopic (exact) mass is 338 g/mol. The molecule has 2 atom stereocenters. The molecule has 0 radical (unpaired) electrons. The molecule has 0 saturated carbocycles. The molecular weight excluding hydrogens is 308 g/mol. The summed E-state index contributed by atoms with van der Waals surface area (Å²) < 4.78 is 0. The van der Waals surface area contributed by atoms with Crippen LogP contribution in [0.15, 0.2) is 24.3 Å². The zero-order valence-electron chi connectivity index (χ0n) is 14.4. The van der Waals surface area contributed by atoms with Gasteiger partial charge in [-0.25, -0.2) is 0 Å². The van der Waals surface area contributed by atoms with Crippen molar-refractivity contribution in [3.05, 3.63) is 35.4 Å². The molecule has 0 bridgehead atoms. The van der Waals surface area contributed by atoms with E-state index in [-0.39, 0.29) is 18.3 Å². The molecule has 1 aliphatic rings. The maximum Gasteiger partial charge on any atom is 0.220 e. The Kier molecular flexibility index (Phi) is 9.27. The minimum atomic E-state index is 0. The van der Waals surface area contributed by atoms with Crippen molar-refractivity contribution in [3.63, 3.8) is 0 Å². The van der Waals surface area contributed by atoms with E-state index in [2.05, 4.69) is 48.7 Å². The second kappa shape index (κ2) is 10.7. The standard InChI is InChI=1S/C19H30N2O.ClH/c1-3-16-6-8-17(9-7-16)10-12-21-19(22)13-15(2)18-5-4-11-20-14-18;/h6-9,15,18,20H,3-5,10-14H2,1-2H3,(H,21,22);1H. The number of hydrogen-bond donors (Lipinski definition) is 2. The number of aryl methyl sites for hydroxylation is 1. The van der Waals surface area contributed by atoms with Gasteiger partial charge >= 0.3 is 0 Å². The van der Waals surface area contributed by atoms with Gasteiger partial charge in [-0.2, -0.15) is 0 Å². The topological polar surface area (TPSA) is 41.1 Å². The van der Waals surface area contributed by atoms with E-state index in [1.165, 1.54) is 24.0 Å². The van der Waals surface area contributed by atoms with Crippen molar-refractivity contribution < 1.29 is 4.79 Å². The Labute approximate surface area is 147 Å². The van der Waals surface area contributed by atoms with Crippen molar-refractivity contribution in [2.24, 2.45) is 11.8 Å². The third-order valence-electron chi connectivity index (χ3n) is 4.81. The van der Waals surface area contributed by atoms with Crippen molar-refractivity contribution in [3.8, 4) is 0 Å². The Morgan fingerprint density at radius 3 is 2.61 bits per heavy atom. The summed E-state index contributed by atoms with van der Waals surface area (Å²) in [4.78, 5) is 12.1. The van der Waals surface area contributed by atoms with E-state index in [9.17, 15) is 4.79 Å². The molecule has 1 amide bonds. The van der Waals surface area contributed by atoms with Crippen LogP contribution in [0.1, 0.15) is 44.2 Å². The van der Waals surface area contributed by atoms with Gasteiger partial charge in [-0.15, -0.1) is 12.4 Å². The van der Waals surface area contributed by atoms with E-state index >= 15 is 0 Å². The SMILES string of the molecule is CCc1ccc(CCNC(=O)CC(C)C2CCCNC2)cc1.Cl. The molecule has 3 nitrogen and oxygen atoms in total. The predicted octanol–water partition coefficient (Wildman–Crippen LogP) is 3.36. The number of piperidine rings is 1. The fraction of sp³-hybridized carbons (Fsp3) is 0.632. The third kappa shape index (κ3) is 6.92. The maximum atomic E-state index is 12.1. The van der Waals surface area contributed by atoms with E-state index in [0.29, 0.717) is 18.3 Å². The van der Waals surface area contributed by atoms with Gasteiger partial charge in [0.25, 0.3) is 0 Å². The summed E-state index contributed by atoms with van der Waals surface area (Å²) in [5.41, 5.74) is 2.66. The van der Waals surface area contributed by atoms with Crippen LogP contribution < -0.4 is 10.6 Å². The lowest BCUT2D eigenvalue weighted by Gasteiger charge is -2.28. The van der Waals surface area contributed by atoms with Gasteiger partial charge in [-0.3, -0.25) is 4.79 Å². The summed E-state index contributed by atoms with van der Waals surface area (Å²) in [5, 5.41) is 6.50. The van der Waals surface area contributed by atoms with Gasteiger partial charge in [0, 0.05) is 13.0 Å². The van der Waals surface area contributed by atoms with Crippen LogP contribution in [0, 0.1) is 11.8 Å². The highest BCUT2D eigenvalue weighted by Gasteiger charge is 2.21. The smallest absolute Gasteiger partial charge is 0.220 e. The fourth-order valence-corrected chi connectivity index (χ4v) is 3.18. The first-order chi connectivity index (χ1) is 10.7. The minimum absolute atomic E-state index is 0. The minimum Gasteiger partial charge on any atom is -0.356 e. The van der Waals surface area contributed by atoms with Gasteiger partial charge in [0.15, 0.2) is 0 Å². The normalized spacial score (nSPS) is 18.8. The van der Waals surface area contributed by atoms with Crippen molar-refractivity contribution in [2.45, 2.75) is 46.0 Å². The highest BCUT2D eigenvalue weighted by Crippen LogP contribution is 2.22. The number of benzene rings is 1. The van der Waals surface area contributed by atoms with E-state index in [1.807, 2.05) is 0 Å². The molecule has 1 aromatic carbocycles. The molecule has 1 saturated heterocycles. The molecule has 0 aromatic heterocycles. The van der Waals surface area contributed by atoms with Crippen molar-refractivity contribution in [2.75, 3.05) is 19.6 Å². The zero-order chi connectivity index (χ0) is 15.8. The predicted molar refractivity (Wildman–Crippen MR) is 99.2 cm³/mol. The largest absolute Gasteiger partial charge is 0.356 e. The molecule has 0 aliphatic carbocycles. The lowest BCUT2D eigenvalue weighted by atomic mass is 9.85. The molecule has 1 heterocycles. The van der Waals surface area contributed by atoms with Gasteiger partial charge in [0.05, 0.1) is 0 Å². The van der Waals surface area contributed by atoms with Crippen LogP contribution >= 0.6 is 12.4 Å². The summed E-state index contributed by atoms with van der Waals surface area (Å²) >= 11 is 0. The highest BCUT2D eigenvalue weighted by atomic mass is 35.5. The van der Waals surface area contributed by atoms with Gasteiger partial charge < -0.3 is 10.6 Å². The van der Waals surface area contributed by atoms with Crippen LogP contribution in [0.2, 0.25) is 0 Å². The Balaban J connectivity index is 0.00000264. The summed E-state index contributed by atoms with van der Waals surface area (Å²) in [7, 11) is 0. The molecule has 23 heavy (non-hydrogen) atoms. The first-order valence-electron chi connectivity index (χ1n) is 8.74. The lowest BCUT2D eigenvalue weighted by Crippen LogP contribution is -2.36. The van der Waals surface area contributed by atoms with Gasteiger partial charge in [-0.1, -0.05) is 38.1 Å².